The predicted octanol–water partition coefficient (Wildman–Crippen LogP) is 4.81. The molecule has 0 aromatic carbocycles. The molecule has 0 aromatic rings. The summed E-state index contributed by atoms with van der Waals surface area (Å²) in [7, 11) is 0. The average Bonchev–Trinajstić information content (AvgIpc) is 3.04. The fraction of sp³-hybridized carbons (Fsp3) is 0.846. The minimum atomic E-state index is -0.982. The van der Waals surface area contributed by atoms with Gasteiger partial charge in [0, 0.05) is 20.3 Å². The molecule has 0 aromatic heterocycles. The van der Waals surface area contributed by atoms with Crippen LogP contribution in [0.3, 0.4) is 0 Å². The van der Waals surface area contributed by atoms with Crippen molar-refractivity contribution in [1.29, 1.82) is 0 Å². The minimum absolute atomic E-state index is 0.0365. The molecule has 3 saturated carbocycles. The summed E-state index contributed by atoms with van der Waals surface area (Å²) in [5, 5.41) is 11.3. The maximum absolute atomic E-state index is 11.4. The van der Waals surface area contributed by atoms with Gasteiger partial charge in [0.05, 0.1) is 5.60 Å². The van der Waals surface area contributed by atoms with Crippen molar-refractivity contribution in [2.24, 2.45) is 34.5 Å². The number of ether oxygens (including phenoxy) is 2. The Balaban J connectivity index is 1.54. The van der Waals surface area contributed by atoms with Crippen LogP contribution in [0.15, 0.2) is 11.6 Å². The van der Waals surface area contributed by atoms with E-state index in [2.05, 4.69) is 19.9 Å². The first kappa shape index (κ1) is 22.8. The van der Waals surface area contributed by atoms with E-state index in [9.17, 15) is 14.7 Å². The number of rotatable bonds is 4. The number of allylic oxidation sites excluding steroid dienone is 1. The zero-order chi connectivity index (χ0) is 22.6. The lowest BCUT2D eigenvalue weighted by atomic mass is 9.47. The summed E-state index contributed by atoms with van der Waals surface area (Å²) in [4.78, 5) is 22.8. The molecule has 174 valence electrons. The molecule has 4 aliphatic rings. The highest BCUT2D eigenvalue weighted by Gasteiger charge is 2.61. The number of carbonyl (C=O) groups excluding carboxylic acids is 2. The molecule has 0 radical (unpaired) electrons. The van der Waals surface area contributed by atoms with E-state index >= 15 is 0 Å². The topological polar surface area (TPSA) is 72.8 Å². The van der Waals surface area contributed by atoms with Crippen LogP contribution in [0.25, 0.3) is 0 Å². The Kier molecular flexibility index (Phi) is 5.81. The number of hydrogen-bond acceptors (Lipinski definition) is 5. The minimum Gasteiger partial charge on any atom is -0.463 e. The van der Waals surface area contributed by atoms with Gasteiger partial charge >= 0.3 is 11.9 Å². The van der Waals surface area contributed by atoms with Crippen molar-refractivity contribution in [1.82, 2.24) is 0 Å². The van der Waals surface area contributed by atoms with Crippen LogP contribution in [0, 0.1) is 34.5 Å². The van der Waals surface area contributed by atoms with Crippen LogP contribution in [-0.2, 0) is 19.1 Å². The highest BCUT2D eigenvalue weighted by atomic mass is 16.5. The number of aliphatic hydroxyl groups is 1. The van der Waals surface area contributed by atoms with Crippen molar-refractivity contribution in [3.05, 3.63) is 11.6 Å². The summed E-state index contributed by atoms with van der Waals surface area (Å²) in [5.74, 6) is 1.57. The van der Waals surface area contributed by atoms with Gasteiger partial charge < -0.3 is 14.6 Å². The van der Waals surface area contributed by atoms with Crippen molar-refractivity contribution >= 4 is 11.9 Å². The molecule has 4 aliphatic carbocycles. The molecule has 8 unspecified atom stereocenters. The summed E-state index contributed by atoms with van der Waals surface area (Å²) < 4.78 is 10.8. The second-order valence-corrected chi connectivity index (χ2v) is 11.5. The average molecular weight is 433 g/mol. The maximum atomic E-state index is 11.4. The Morgan fingerprint density at radius 2 is 1.84 bits per heavy atom. The van der Waals surface area contributed by atoms with Crippen LogP contribution in [0.4, 0.5) is 0 Å². The van der Waals surface area contributed by atoms with E-state index < -0.39 is 5.60 Å². The zero-order valence-corrected chi connectivity index (χ0v) is 19.9. The Morgan fingerprint density at radius 1 is 1.10 bits per heavy atom. The molecule has 3 fully saturated rings. The molecule has 0 heterocycles. The zero-order valence-electron chi connectivity index (χ0n) is 19.9. The van der Waals surface area contributed by atoms with E-state index in [1.54, 1.807) is 0 Å². The Labute approximate surface area is 186 Å². The Morgan fingerprint density at radius 3 is 2.52 bits per heavy atom. The summed E-state index contributed by atoms with van der Waals surface area (Å²) in [6, 6.07) is 0. The van der Waals surface area contributed by atoms with E-state index in [4.69, 9.17) is 9.47 Å². The van der Waals surface area contributed by atoms with Crippen molar-refractivity contribution in [2.45, 2.75) is 97.7 Å². The molecular formula is C26H40O5. The highest BCUT2D eigenvalue weighted by Crippen LogP contribution is 2.67. The van der Waals surface area contributed by atoms with Gasteiger partial charge in [-0.3, -0.25) is 9.59 Å². The lowest BCUT2D eigenvalue weighted by Crippen LogP contribution is -2.54. The molecule has 8 atom stereocenters. The molecule has 31 heavy (non-hydrogen) atoms. The first-order valence-corrected chi connectivity index (χ1v) is 12.2. The van der Waals surface area contributed by atoms with Gasteiger partial charge in [-0.25, -0.2) is 0 Å². The van der Waals surface area contributed by atoms with Crippen molar-refractivity contribution in [3.63, 3.8) is 0 Å². The molecule has 5 heteroatoms. The Hall–Kier alpha value is -1.36. The number of fused-ring (bicyclic) bond motifs is 5. The third kappa shape index (κ3) is 3.85. The lowest BCUT2D eigenvalue weighted by molar-refractivity contribution is -0.159. The van der Waals surface area contributed by atoms with E-state index in [0.717, 1.165) is 44.9 Å². The van der Waals surface area contributed by atoms with Crippen molar-refractivity contribution in [2.75, 3.05) is 6.61 Å². The largest absolute Gasteiger partial charge is 0.463 e. The summed E-state index contributed by atoms with van der Waals surface area (Å²) >= 11 is 0. The van der Waals surface area contributed by atoms with Gasteiger partial charge in [-0.15, -0.1) is 0 Å². The van der Waals surface area contributed by atoms with Crippen LogP contribution >= 0.6 is 0 Å². The molecule has 0 bridgehead atoms. The number of carbonyl (C=O) groups is 2. The molecule has 0 amide bonds. The van der Waals surface area contributed by atoms with Gasteiger partial charge in [-0.1, -0.05) is 25.5 Å². The third-order valence-corrected chi connectivity index (χ3v) is 9.71. The van der Waals surface area contributed by atoms with Crippen LogP contribution in [0.2, 0.25) is 0 Å². The number of hydrogen-bond donors (Lipinski definition) is 1. The first-order chi connectivity index (χ1) is 14.5. The van der Waals surface area contributed by atoms with Gasteiger partial charge in [0.2, 0.25) is 0 Å². The molecule has 4 rings (SSSR count). The van der Waals surface area contributed by atoms with Gasteiger partial charge in [0.1, 0.15) is 12.7 Å². The quantitative estimate of drug-likeness (QED) is 0.510. The van der Waals surface area contributed by atoms with E-state index in [1.807, 2.05) is 6.92 Å². The molecule has 0 aliphatic heterocycles. The molecule has 1 N–H and O–H groups in total. The first-order valence-electron chi connectivity index (χ1n) is 12.2. The fourth-order valence-corrected chi connectivity index (χ4v) is 8.33. The molecule has 0 saturated heterocycles. The standard InChI is InChI=1S/C26H40O5/c1-16(27)30-15-26(5,29)23-9-8-21-20-7-6-18-14-19(31-17(2)28)10-12-24(18,3)22(20)11-13-25(21,23)4/h6,19-23,29H,7-15H2,1-5H3. The van der Waals surface area contributed by atoms with Crippen LogP contribution < -0.4 is 0 Å². The van der Waals surface area contributed by atoms with Gasteiger partial charge in [-0.05, 0) is 86.4 Å². The number of esters is 2. The van der Waals surface area contributed by atoms with Gasteiger partial charge in [0.25, 0.3) is 0 Å². The Bertz CT molecular complexity index is 770. The third-order valence-electron chi connectivity index (χ3n) is 9.71. The smallest absolute Gasteiger partial charge is 0.302 e. The molecule has 5 nitrogen and oxygen atoms in total. The molecular weight excluding hydrogens is 392 g/mol. The summed E-state index contributed by atoms with van der Waals surface area (Å²) in [6.07, 6.45) is 11.0. The monoisotopic (exact) mass is 432 g/mol. The van der Waals surface area contributed by atoms with Crippen molar-refractivity contribution in [3.8, 4) is 0 Å². The normalized spacial score (nSPS) is 43.5. The van der Waals surface area contributed by atoms with Crippen LogP contribution in [-0.4, -0.2) is 35.4 Å². The second-order valence-electron chi connectivity index (χ2n) is 11.5. The van der Waals surface area contributed by atoms with E-state index in [-0.39, 0.29) is 41.4 Å². The van der Waals surface area contributed by atoms with Crippen LogP contribution in [0.1, 0.15) is 86.0 Å². The predicted molar refractivity (Wildman–Crippen MR) is 118 cm³/mol. The van der Waals surface area contributed by atoms with Crippen molar-refractivity contribution < 1.29 is 24.2 Å². The molecule has 0 spiro atoms. The van der Waals surface area contributed by atoms with Gasteiger partial charge in [-0.2, -0.15) is 0 Å². The fourth-order valence-electron chi connectivity index (χ4n) is 8.33. The lowest BCUT2D eigenvalue weighted by Gasteiger charge is -2.58. The summed E-state index contributed by atoms with van der Waals surface area (Å²) in [6.45, 7) is 9.69. The SMILES string of the molecule is CC(=O)OCC(C)(O)C1CCC2C3CC=C4CC(OC(C)=O)CCC4(C)C3CCC21C. The van der Waals surface area contributed by atoms with E-state index in [0.29, 0.717) is 17.8 Å². The summed E-state index contributed by atoms with van der Waals surface area (Å²) in [5.41, 5.74) is 0.816. The maximum Gasteiger partial charge on any atom is 0.302 e. The van der Waals surface area contributed by atoms with Gasteiger partial charge in [0.15, 0.2) is 0 Å². The second kappa shape index (κ2) is 7.90. The van der Waals surface area contributed by atoms with E-state index in [1.165, 1.54) is 25.8 Å². The highest BCUT2D eigenvalue weighted by molar-refractivity contribution is 5.66. The van der Waals surface area contributed by atoms with Crippen LogP contribution in [0.5, 0.6) is 0 Å².